The maximum Gasteiger partial charge on any atom is 0.136 e. The molecule has 0 N–H and O–H groups in total. The van der Waals surface area contributed by atoms with Crippen LogP contribution >= 0.6 is 0 Å². The first-order valence-corrected chi connectivity index (χ1v) is 36.7. The van der Waals surface area contributed by atoms with Crippen LogP contribution < -0.4 is 0 Å². The molecule has 6 heterocycles. The molecule has 0 saturated heterocycles. The summed E-state index contributed by atoms with van der Waals surface area (Å²) in [5.41, 5.74) is 37.0. The Labute approximate surface area is 611 Å². The maximum absolute atomic E-state index is 6.42. The number of rotatable bonds is 6. The highest BCUT2D eigenvalue weighted by molar-refractivity contribution is 6.11. The van der Waals surface area contributed by atoms with Crippen molar-refractivity contribution in [2.24, 2.45) is 0 Å². The molecule has 21 rings (SSSR count). The first-order valence-electron chi connectivity index (χ1n) is 36.7. The van der Waals surface area contributed by atoms with E-state index >= 15 is 0 Å². The average molecular weight is 1360 g/mol. The lowest BCUT2D eigenvalue weighted by Crippen LogP contribution is -2.14. The predicted molar refractivity (Wildman–Crippen MR) is 435 cm³/mol. The third-order valence-electron chi connectivity index (χ3n) is 23.1. The molecule has 0 fully saturated rings. The highest BCUT2D eigenvalue weighted by Gasteiger charge is 2.39. The van der Waals surface area contributed by atoms with Crippen molar-refractivity contribution < 1.29 is 13.3 Å². The standard InChI is InChI=1S/C35H29NO.C33H25NO.C31H23NO/c1-21(2)22-12-14-23(15-13-22)31-10-7-11-32(36-31)24-16-17-33-27(18-24)28-19-30-26(20-34(28)37-33)25-8-5-6-9-29(25)35(30,3)4;1-20-7-6-16-34-32(20)22-12-10-21(11-13-22)23-14-15-25-27-18-29-26(19-31(27)35-30(25)17-23)24-8-4-5-9-28(24)33(29,2)3;1-18-14-19-8-4-7-11-27(19)32-30(18)20-12-13-22-24-16-26-23(17-29(24)33-28(22)15-20)21-9-5-6-10-25(21)31(26,2)3/h5-21H,1-4H3;4-19H,1-3H3;4-17H,1-3H3. The smallest absolute Gasteiger partial charge is 0.136 e. The molecule has 0 saturated carbocycles. The van der Waals surface area contributed by atoms with Gasteiger partial charge in [-0.2, -0.15) is 0 Å². The zero-order chi connectivity index (χ0) is 71.4. The third-order valence-corrected chi connectivity index (χ3v) is 23.1. The van der Waals surface area contributed by atoms with Crippen LogP contribution in [0.25, 0.3) is 166 Å². The third kappa shape index (κ3) is 10.3. The fourth-order valence-corrected chi connectivity index (χ4v) is 17.3. The second kappa shape index (κ2) is 23.9. The molecular weight excluding hydrogens is 1280 g/mol. The van der Waals surface area contributed by atoms with Crippen molar-refractivity contribution in [1.29, 1.82) is 0 Å². The number of aromatic nitrogens is 3. The lowest BCUT2D eigenvalue weighted by Gasteiger charge is -2.21. The van der Waals surface area contributed by atoms with Crippen LogP contribution in [0.5, 0.6) is 0 Å². The Morgan fingerprint density at radius 1 is 0.286 bits per heavy atom. The van der Waals surface area contributed by atoms with E-state index in [1.54, 1.807) is 0 Å². The van der Waals surface area contributed by atoms with Crippen molar-refractivity contribution in [2.75, 3.05) is 0 Å². The molecule has 0 aliphatic heterocycles. The molecule has 6 heteroatoms. The highest BCUT2D eigenvalue weighted by Crippen LogP contribution is 2.54. The number of furan rings is 3. The lowest BCUT2D eigenvalue weighted by atomic mass is 9.82. The van der Waals surface area contributed by atoms with Crippen molar-refractivity contribution in [3.8, 4) is 89.5 Å². The average Bonchev–Trinajstić information content (AvgIpc) is 1.58. The van der Waals surface area contributed by atoms with Crippen LogP contribution in [0.15, 0.2) is 292 Å². The molecule has 0 unspecified atom stereocenters. The Morgan fingerprint density at radius 3 is 1.30 bits per heavy atom. The number of para-hydroxylation sites is 1. The summed E-state index contributed by atoms with van der Waals surface area (Å²) in [6, 6.07) is 97.7. The summed E-state index contributed by atoms with van der Waals surface area (Å²) < 4.78 is 19.2. The summed E-state index contributed by atoms with van der Waals surface area (Å²) in [6.07, 6.45) is 1.85. The Bertz CT molecular complexity index is 6610. The predicted octanol–water partition coefficient (Wildman–Crippen LogP) is 27.1. The summed E-state index contributed by atoms with van der Waals surface area (Å²) >= 11 is 0. The molecule has 0 atom stereocenters. The van der Waals surface area contributed by atoms with Gasteiger partial charge in [0.15, 0.2) is 0 Å². The molecule has 0 radical (unpaired) electrons. The van der Waals surface area contributed by atoms with E-state index in [0.29, 0.717) is 5.92 Å². The monoisotopic (exact) mass is 1360 g/mol. The van der Waals surface area contributed by atoms with Crippen LogP contribution in [0.4, 0.5) is 0 Å². The summed E-state index contributed by atoms with van der Waals surface area (Å²) in [4.78, 5) is 14.5. The van der Waals surface area contributed by atoms with Crippen LogP contribution in [-0.2, 0) is 16.2 Å². The topological polar surface area (TPSA) is 78.1 Å². The Balaban J connectivity index is 0.000000108. The molecule has 105 heavy (non-hydrogen) atoms. The van der Waals surface area contributed by atoms with Crippen molar-refractivity contribution in [1.82, 2.24) is 15.0 Å². The summed E-state index contributed by atoms with van der Waals surface area (Å²) in [6.45, 7) is 22.6. The van der Waals surface area contributed by atoms with E-state index in [1.807, 2.05) is 18.3 Å². The molecule has 0 amide bonds. The summed E-state index contributed by atoms with van der Waals surface area (Å²) in [5.74, 6) is 0.519. The molecule has 6 nitrogen and oxygen atoms in total. The number of fused-ring (bicyclic) bond motifs is 19. The molecule has 0 bridgehead atoms. The number of hydrogen-bond donors (Lipinski definition) is 0. The van der Waals surface area contributed by atoms with Crippen molar-refractivity contribution in [3.05, 3.63) is 329 Å². The summed E-state index contributed by atoms with van der Waals surface area (Å²) in [7, 11) is 0. The van der Waals surface area contributed by atoms with Crippen LogP contribution in [0.2, 0.25) is 0 Å². The van der Waals surface area contributed by atoms with Crippen molar-refractivity contribution in [3.63, 3.8) is 0 Å². The van der Waals surface area contributed by atoms with E-state index in [4.69, 9.17) is 23.2 Å². The number of aryl methyl sites for hydroxylation is 2. The lowest BCUT2D eigenvalue weighted by molar-refractivity contribution is 0.657. The van der Waals surface area contributed by atoms with Gasteiger partial charge in [-0.1, -0.05) is 219 Å². The normalized spacial score (nSPS) is 13.9. The maximum atomic E-state index is 6.42. The van der Waals surface area contributed by atoms with E-state index in [2.05, 4.69) is 335 Å². The van der Waals surface area contributed by atoms with Gasteiger partial charge in [-0.15, -0.1) is 0 Å². The van der Waals surface area contributed by atoms with E-state index < -0.39 is 0 Å². The SMILES string of the molecule is CC(C)c1ccc(-c2cccc(-c3ccc4oc5cc6c(cc5c4c3)C(C)(C)c3ccccc3-6)n2)cc1.Cc1cc2ccccc2nc1-c1ccc2c(c1)oc1cc3c(cc12)C(C)(C)c1ccccc1-3.Cc1cccnc1-c1ccc(-c2ccc3c(c2)oc2cc4c(cc23)C(C)(C)c2ccccc2-4)cc1. The van der Waals surface area contributed by atoms with Gasteiger partial charge in [0.05, 0.1) is 28.3 Å². The van der Waals surface area contributed by atoms with E-state index in [-0.39, 0.29) is 16.2 Å². The van der Waals surface area contributed by atoms with Gasteiger partial charge in [0.1, 0.15) is 33.5 Å². The highest BCUT2D eigenvalue weighted by atomic mass is 16.3. The van der Waals surface area contributed by atoms with Crippen molar-refractivity contribution >= 4 is 76.7 Å². The number of pyridine rings is 3. The Kier molecular flexibility index (Phi) is 14.5. The number of nitrogens with zero attached hydrogens (tertiary/aromatic N) is 3. The molecule has 3 aliphatic rings. The van der Waals surface area contributed by atoms with Crippen molar-refractivity contribution in [2.45, 2.75) is 91.4 Å². The Morgan fingerprint density at radius 2 is 0.733 bits per heavy atom. The second-order valence-corrected chi connectivity index (χ2v) is 30.9. The molecule has 3 aliphatic carbocycles. The molecule has 12 aromatic carbocycles. The first-order chi connectivity index (χ1) is 50.9. The van der Waals surface area contributed by atoms with Crippen LogP contribution in [0.1, 0.15) is 111 Å². The molecule has 18 aromatic rings. The zero-order valence-corrected chi connectivity index (χ0v) is 60.7. The van der Waals surface area contributed by atoms with Gasteiger partial charge in [0.2, 0.25) is 0 Å². The minimum atomic E-state index is -0.0394. The number of benzene rings is 12. The van der Waals surface area contributed by atoms with Gasteiger partial charge in [0.25, 0.3) is 0 Å². The minimum absolute atomic E-state index is 0.0165. The molecular formula is C99H77N3O3. The minimum Gasteiger partial charge on any atom is -0.456 e. The fourth-order valence-electron chi connectivity index (χ4n) is 17.3. The van der Waals surface area contributed by atoms with Gasteiger partial charge < -0.3 is 13.3 Å². The van der Waals surface area contributed by atoms with Gasteiger partial charge in [-0.25, -0.2) is 9.97 Å². The number of hydrogen-bond acceptors (Lipinski definition) is 6. The Hall–Kier alpha value is -12.3. The zero-order valence-electron chi connectivity index (χ0n) is 60.7. The largest absolute Gasteiger partial charge is 0.456 e. The van der Waals surface area contributed by atoms with E-state index in [0.717, 1.165) is 106 Å². The second-order valence-electron chi connectivity index (χ2n) is 30.9. The van der Waals surface area contributed by atoms with Gasteiger partial charge in [-0.05, 0) is 224 Å². The van der Waals surface area contributed by atoms with Gasteiger partial charge in [0, 0.05) is 82.4 Å². The molecule has 6 aromatic heterocycles. The van der Waals surface area contributed by atoms with Crippen LogP contribution in [0.3, 0.4) is 0 Å². The molecule has 506 valence electrons. The first kappa shape index (κ1) is 63.7. The quantitative estimate of drug-likeness (QED) is 0.165. The van der Waals surface area contributed by atoms with E-state index in [9.17, 15) is 0 Å². The summed E-state index contributed by atoms with van der Waals surface area (Å²) in [5, 5.41) is 8.15. The van der Waals surface area contributed by atoms with Crippen LogP contribution in [0, 0.1) is 13.8 Å². The van der Waals surface area contributed by atoms with Gasteiger partial charge in [-0.3, -0.25) is 4.98 Å². The fraction of sp³-hybridized carbons (Fsp3) is 0.141. The van der Waals surface area contributed by atoms with Gasteiger partial charge >= 0.3 is 0 Å². The van der Waals surface area contributed by atoms with E-state index in [1.165, 1.54) is 111 Å². The molecule has 0 spiro atoms. The van der Waals surface area contributed by atoms with Crippen LogP contribution in [-0.4, -0.2) is 15.0 Å².